The fourth-order valence-corrected chi connectivity index (χ4v) is 5.04. The highest BCUT2D eigenvalue weighted by Crippen LogP contribution is 2.37. The summed E-state index contributed by atoms with van der Waals surface area (Å²) < 4.78 is 42.5. The second-order valence-corrected chi connectivity index (χ2v) is 10.7. The minimum absolute atomic E-state index is 0.0245. The highest BCUT2D eigenvalue weighted by Gasteiger charge is 2.35. The third-order valence-electron chi connectivity index (χ3n) is 6.62. The van der Waals surface area contributed by atoms with Gasteiger partial charge in [0.15, 0.2) is 17.3 Å². The van der Waals surface area contributed by atoms with Gasteiger partial charge in [0.25, 0.3) is 0 Å². The molecule has 9 nitrogen and oxygen atoms in total. The van der Waals surface area contributed by atoms with Gasteiger partial charge < -0.3 is 14.4 Å². The molecule has 1 amide bonds. The monoisotopic (exact) mass is 572 g/mol. The number of benzene rings is 1. The topological polar surface area (TPSA) is 85.0 Å². The number of aryl methyl sites for hydroxylation is 1. The Kier molecular flexibility index (Phi) is 7.07. The molecule has 13 heteroatoms. The smallest absolute Gasteiger partial charge is 0.341 e. The Morgan fingerprint density at radius 1 is 1.02 bits per heavy atom. The molecule has 0 fully saturated rings. The number of amides is 1. The van der Waals surface area contributed by atoms with Gasteiger partial charge in [0.1, 0.15) is 17.2 Å². The largest absolute Gasteiger partial charge is 0.434 e. The molecule has 0 bridgehead atoms. The van der Waals surface area contributed by atoms with Gasteiger partial charge in [-0.15, -0.1) is 0 Å². The van der Waals surface area contributed by atoms with Gasteiger partial charge in [-0.1, -0.05) is 35.9 Å². The number of hydrogen-bond donors (Lipinski definition) is 0. The third kappa shape index (κ3) is 5.03. The number of anilines is 2. The Bertz CT molecular complexity index is 1560. The molecule has 4 heterocycles. The van der Waals surface area contributed by atoms with E-state index in [1.54, 1.807) is 34.1 Å². The van der Waals surface area contributed by atoms with Crippen molar-refractivity contribution in [3.8, 4) is 22.9 Å². The fourth-order valence-electron chi connectivity index (χ4n) is 4.82. The summed E-state index contributed by atoms with van der Waals surface area (Å²) in [5.41, 5.74) is 1.62. The first kappa shape index (κ1) is 27.6. The van der Waals surface area contributed by atoms with Crippen molar-refractivity contribution in [1.29, 1.82) is 0 Å². The van der Waals surface area contributed by atoms with Crippen molar-refractivity contribution in [2.75, 3.05) is 16.3 Å². The average molecular weight is 573 g/mol. The molecular weight excluding hydrogens is 545 g/mol. The summed E-state index contributed by atoms with van der Waals surface area (Å²) in [7, 11) is 1.52. The highest BCUT2D eigenvalue weighted by molar-refractivity contribution is 6.32. The van der Waals surface area contributed by atoms with Crippen molar-refractivity contribution in [3.05, 3.63) is 59.1 Å². The van der Waals surface area contributed by atoms with Crippen LogP contribution in [-0.4, -0.2) is 47.8 Å². The fraction of sp³-hybridized carbons (Fsp3) is 0.370. The molecule has 0 aliphatic carbocycles. The molecule has 0 saturated carbocycles. The Balaban J connectivity index is 1.50. The van der Waals surface area contributed by atoms with E-state index in [0.29, 0.717) is 40.2 Å². The molecule has 5 rings (SSSR count). The summed E-state index contributed by atoms with van der Waals surface area (Å²) >= 11 is 6.47. The van der Waals surface area contributed by atoms with Gasteiger partial charge >= 0.3 is 6.18 Å². The summed E-state index contributed by atoms with van der Waals surface area (Å²) in [5, 5.41) is 4.78. The molecule has 210 valence electrons. The molecule has 40 heavy (non-hydrogen) atoms. The molecule has 4 aromatic rings. The van der Waals surface area contributed by atoms with E-state index in [0.717, 1.165) is 11.8 Å². The van der Waals surface area contributed by atoms with Gasteiger partial charge in [-0.25, -0.2) is 15.0 Å². The lowest BCUT2D eigenvalue weighted by atomic mass is 10.1. The van der Waals surface area contributed by atoms with E-state index in [-0.39, 0.29) is 30.4 Å². The van der Waals surface area contributed by atoms with Crippen LogP contribution >= 0.6 is 11.6 Å². The number of carbonyl (C=O) groups is 1. The van der Waals surface area contributed by atoms with Crippen molar-refractivity contribution in [2.45, 2.75) is 52.5 Å². The van der Waals surface area contributed by atoms with Crippen LogP contribution in [0.3, 0.4) is 0 Å². The number of rotatable bonds is 6. The molecular formula is C27H28ClF3N8O. The minimum Gasteiger partial charge on any atom is -0.341 e. The maximum Gasteiger partial charge on any atom is 0.434 e. The number of carbonyl (C=O) groups excluding carboxylic acids is 1. The summed E-state index contributed by atoms with van der Waals surface area (Å²) in [6.07, 6.45) is -0.360. The van der Waals surface area contributed by atoms with Crippen molar-refractivity contribution >= 4 is 29.0 Å². The number of alkyl halides is 3. The van der Waals surface area contributed by atoms with Crippen LogP contribution < -0.4 is 9.80 Å². The van der Waals surface area contributed by atoms with Crippen molar-refractivity contribution in [3.63, 3.8) is 0 Å². The first-order valence-electron chi connectivity index (χ1n) is 12.7. The molecule has 0 unspecified atom stereocenters. The summed E-state index contributed by atoms with van der Waals surface area (Å²) in [6, 6.07) is 6.98. The number of hydrogen-bond acceptors (Lipinski definition) is 6. The predicted octanol–water partition coefficient (Wildman–Crippen LogP) is 5.76. The zero-order valence-corrected chi connectivity index (χ0v) is 23.4. The second kappa shape index (κ2) is 10.2. The molecule has 0 N–H and O–H groups in total. The van der Waals surface area contributed by atoms with Crippen molar-refractivity contribution < 1.29 is 18.0 Å². The van der Waals surface area contributed by atoms with Crippen LogP contribution in [0.15, 0.2) is 42.9 Å². The number of fused-ring (bicyclic) bond motifs is 1. The highest BCUT2D eigenvalue weighted by atomic mass is 35.5. The Hall–Kier alpha value is -3.93. The van der Waals surface area contributed by atoms with Gasteiger partial charge in [-0.05, 0) is 33.3 Å². The Morgan fingerprint density at radius 2 is 1.73 bits per heavy atom. The predicted molar refractivity (Wildman–Crippen MR) is 146 cm³/mol. The molecule has 0 spiro atoms. The van der Waals surface area contributed by atoms with E-state index in [2.05, 4.69) is 15.1 Å². The van der Waals surface area contributed by atoms with E-state index in [4.69, 9.17) is 16.6 Å². The van der Waals surface area contributed by atoms with E-state index < -0.39 is 11.9 Å². The van der Waals surface area contributed by atoms with Crippen LogP contribution in [0.25, 0.3) is 22.9 Å². The van der Waals surface area contributed by atoms with Gasteiger partial charge in [-0.2, -0.15) is 18.3 Å². The SMILES string of the molecule is CC(C)N1C(=O)CN(Cc2ccc(-c3nc(C(F)(F)F)cn3C)cc2)c2nc(-c3c(Cl)cnn3C(C)C)ncc21. The first-order valence-corrected chi connectivity index (χ1v) is 13.1. The maximum atomic E-state index is 13.2. The molecule has 0 atom stereocenters. The van der Waals surface area contributed by atoms with Crippen LogP contribution in [0.5, 0.6) is 0 Å². The van der Waals surface area contributed by atoms with Crippen LogP contribution in [-0.2, 0) is 24.6 Å². The van der Waals surface area contributed by atoms with Crippen LogP contribution in [0, 0.1) is 0 Å². The van der Waals surface area contributed by atoms with Gasteiger partial charge in [0, 0.05) is 37.4 Å². The van der Waals surface area contributed by atoms with Crippen LogP contribution in [0.2, 0.25) is 5.02 Å². The lowest BCUT2D eigenvalue weighted by Crippen LogP contribution is -2.49. The summed E-state index contributed by atoms with van der Waals surface area (Å²) in [4.78, 5) is 29.9. The third-order valence-corrected chi connectivity index (χ3v) is 6.90. The normalized spacial score (nSPS) is 14.0. The molecule has 1 aliphatic rings. The van der Waals surface area contributed by atoms with Crippen molar-refractivity contribution in [1.82, 2.24) is 29.3 Å². The minimum atomic E-state index is -4.52. The van der Waals surface area contributed by atoms with E-state index in [9.17, 15) is 18.0 Å². The standard InChI is InChI=1S/C27H28ClF3N8O/c1-15(2)38-20-11-32-24(23-19(28)10-33-39(23)16(3)4)35-26(20)37(14-22(38)40)12-17-6-8-18(9-7-17)25-34-21(13-36(25)5)27(29,30)31/h6-11,13,15-16H,12,14H2,1-5H3. The molecule has 3 aromatic heterocycles. The number of nitrogens with zero attached hydrogens (tertiary/aromatic N) is 8. The molecule has 0 saturated heterocycles. The Morgan fingerprint density at radius 3 is 2.33 bits per heavy atom. The number of aromatic nitrogens is 6. The van der Waals surface area contributed by atoms with E-state index >= 15 is 0 Å². The molecule has 1 aliphatic heterocycles. The van der Waals surface area contributed by atoms with Crippen LogP contribution in [0.1, 0.15) is 45.0 Å². The molecule has 1 aromatic carbocycles. The lowest BCUT2D eigenvalue weighted by molar-refractivity contribution is -0.140. The van der Waals surface area contributed by atoms with Crippen molar-refractivity contribution in [2.24, 2.45) is 7.05 Å². The Labute approximate surface area is 234 Å². The van der Waals surface area contributed by atoms with Gasteiger partial charge in [-0.3, -0.25) is 9.48 Å². The summed E-state index contributed by atoms with van der Waals surface area (Å²) in [6.45, 7) is 8.25. The van der Waals surface area contributed by atoms with E-state index in [1.165, 1.54) is 11.6 Å². The average Bonchev–Trinajstić information content (AvgIpc) is 3.47. The lowest BCUT2D eigenvalue weighted by Gasteiger charge is -2.38. The van der Waals surface area contributed by atoms with Gasteiger partial charge in [0.2, 0.25) is 5.91 Å². The van der Waals surface area contributed by atoms with Crippen LogP contribution in [0.4, 0.5) is 24.7 Å². The summed E-state index contributed by atoms with van der Waals surface area (Å²) in [5.74, 6) is 1.09. The maximum absolute atomic E-state index is 13.2. The van der Waals surface area contributed by atoms with E-state index in [1.807, 2.05) is 44.7 Å². The zero-order chi connectivity index (χ0) is 28.9. The van der Waals surface area contributed by atoms with Gasteiger partial charge in [0.05, 0.1) is 24.0 Å². The number of imidazole rings is 1. The quantitative estimate of drug-likeness (QED) is 0.292. The zero-order valence-electron chi connectivity index (χ0n) is 22.6. The second-order valence-electron chi connectivity index (χ2n) is 10.3. The first-order chi connectivity index (χ1) is 18.8. The molecule has 0 radical (unpaired) electrons. The number of halogens is 4.